The van der Waals surface area contributed by atoms with Gasteiger partial charge in [-0.3, -0.25) is 19.8 Å². The number of nitrogens with one attached hydrogen (secondary N) is 2. The Hall–Kier alpha value is -2.54. The van der Waals surface area contributed by atoms with Crippen molar-refractivity contribution in [2.45, 2.75) is 6.92 Å². The highest BCUT2D eigenvalue weighted by atomic mass is 32.1. The number of carbonyl (C=O) groups excluding carboxylic acids is 3. The quantitative estimate of drug-likeness (QED) is 0.544. The molecule has 0 radical (unpaired) electrons. The molecule has 2 atom stereocenters. The van der Waals surface area contributed by atoms with Gasteiger partial charge in [0.1, 0.15) is 0 Å². The topological polar surface area (TPSA) is 78.5 Å². The van der Waals surface area contributed by atoms with Crippen molar-refractivity contribution < 1.29 is 14.4 Å². The summed E-state index contributed by atoms with van der Waals surface area (Å²) in [5.74, 6) is -1.93. The Bertz CT molecular complexity index is 718. The fraction of sp³-hybridized carbons (Fsp3) is 0.200. The number of amides is 3. The van der Waals surface area contributed by atoms with Crippen LogP contribution in [0.25, 0.3) is 0 Å². The number of hydrogen-bond acceptors (Lipinski definition) is 4. The van der Waals surface area contributed by atoms with E-state index in [9.17, 15) is 14.4 Å². The van der Waals surface area contributed by atoms with Gasteiger partial charge in [0.15, 0.2) is 5.11 Å². The van der Waals surface area contributed by atoms with Gasteiger partial charge in [-0.05, 0) is 17.8 Å². The third kappa shape index (κ3) is 2.29. The van der Waals surface area contributed by atoms with E-state index in [0.29, 0.717) is 5.57 Å². The zero-order valence-electron chi connectivity index (χ0n) is 11.7. The Morgan fingerprint density at radius 3 is 2.77 bits per heavy atom. The van der Waals surface area contributed by atoms with Crippen LogP contribution in [0.4, 0.5) is 0 Å². The summed E-state index contributed by atoms with van der Waals surface area (Å²) in [6, 6.07) is 0. The molecular formula is C15H13N3O3S. The number of allylic oxidation sites excluding steroid dienone is 6. The number of imide groups is 1. The second-order valence-corrected chi connectivity index (χ2v) is 5.55. The molecule has 6 nitrogen and oxygen atoms in total. The summed E-state index contributed by atoms with van der Waals surface area (Å²) in [4.78, 5) is 36.1. The van der Waals surface area contributed by atoms with Crippen molar-refractivity contribution in [1.82, 2.24) is 15.8 Å². The van der Waals surface area contributed by atoms with E-state index < -0.39 is 17.7 Å². The van der Waals surface area contributed by atoms with Gasteiger partial charge in [0.2, 0.25) is 5.91 Å². The van der Waals surface area contributed by atoms with Gasteiger partial charge in [-0.15, -0.1) is 0 Å². The highest BCUT2D eigenvalue weighted by molar-refractivity contribution is 7.80. The fourth-order valence-electron chi connectivity index (χ4n) is 2.81. The number of rotatable bonds is 1. The molecule has 1 heterocycles. The van der Waals surface area contributed by atoms with Crippen molar-refractivity contribution in [2.24, 2.45) is 11.8 Å². The van der Waals surface area contributed by atoms with Gasteiger partial charge in [0, 0.05) is 18.4 Å². The van der Waals surface area contributed by atoms with Crippen molar-refractivity contribution in [2.75, 3.05) is 0 Å². The molecule has 0 spiro atoms. The molecule has 1 fully saturated rings. The van der Waals surface area contributed by atoms with E-state index in [1.54, 1.807) is 18.2 Å². The lowest BCUT2D eigenvalue weighted by atomic mass is 9.72. The van der Waals surface area contributed by atoms with Gasteiger partial charge in [0.05, 0.1) is 5.92 Å². The monoisotopic (exact) mass is 315 g/mol. The molecule has 1 saturated heterocycles. The average molecular weight is 315 g/mol. The Kier molecular flexibility index (Phi) is 3.50. The first kappa shape index (κ1) is 14.4. The molecule has 0 aromatic heterocycles. The molecule has 3 rings (SSSR count). The molecule has 22 heavy (non-hydrogen) atoms. The summed E-state index contributed by atoms with van der Waals surface area (Å²) in [7, 11) is 0. The zero-order valence-corrected chi connectivity index (χ0v) is 12.5. The zero-order chi connectivity index (χ0) is 15.9. The predicted molar refractivity (Wildman–Crippen MR) is 82.8 cm³/mol. The molecule has 2 N–H and O–H groups in total. The van der Waals surface area contributed by atoms with Gasteiger partial charge in [-0.1, -0.05) is 36.5 Å². The first-order chi connectivity index (χ1) is 10.5. The Labute approximate surface area is 132 Å². The second-order valence-electron chi connectivity index (χ2n) is 5.14. The molecule has 1 aliphatic heterocycles. The summed E-state index contributed by atoms with van der Waals surface area (Å²) >= 11 is 4.92. The minimum atomic E-state index is -0.457. The van der Waals surface area contributed by atoms with Crippen LogP contribution in [0.15, 0.2) is 47.6 Å². The van der Waals surface area contributed by atoms with Gasteiger partial charge in [0.25, 0.3) is 11.8 Å². The molecule has 7 heteroatoms. The summed E-state index contributed by atoms with van der Waals surface area (Å²) in [5, 5.41) is 3.12. The highest BCUT2D eigenvalue weighted by Gasteiger charge is 2.46. The third-order valence-corrected chi connectivity index (χ3v) is 3.88. The number of carbonyl (C=O) groups is 3. The standard InChI is InChI=1S/C15H13N3O3S/c1-8(19)16-15(22)17-18-13(20)10-6-2-4-9-5-3-7-11(12(9)10)14(18)21/h2-7,10,12H,1H3,(H2,16,17,19,22)/t10-,12-/m0/s1. The van der Waals surface area contributed by atoms with Crippen molar-refractivity contribution >= 4 is 35.1 Å². The lowest BCUT2D eigenvalue weighted by molar-refractivity contribution is -0.150. The first-order valence-electron chi connectivity index (χ1n) is 6.72. The van der Waals surface area contributed by atoms with Crippen molar-refractivity contribution in [3.8, 4) is 0 Å². The molecule has 0 unspecified atom stereocenters. The SMILES string of the molecule is CC(=O)NC(=S)NN1C(=O)C2=CC=CC3=CC=C[C@H](C1=O)[C@H]32. The van der Waals surface area contributed by atoms with Crippen LogP contribution in [0.1, 0.15) is 6.92 Å². The number of nitrogens with zero attached hydrogens (tertiary/aromatic N) is 1. The highest BCUT2D eigenvalue weighted by Crippen LogP contribution is 2.40. The van der Waals surface area contributed by atoms with Crippen LogP contribution in [-0.4, -0.2) is 27.8 Å². The second kappa shape index (κ2) is 5.34. The maximum Gasteiger partial charge on any atom is 0.276 e. The number of hydrogen-bond donors (Lipinski definition) is 2. The molecule has 0 bridgehead atoms. The normalized spacial score (nSPS) is 25.2. The smallest absolute Gasteiger partial charge is 0.276 e. The maximum atomic E-state index is 12.6. The molecule has 0 saturated carbocycles. The number of piperidine rings is 1. The van der Waals surface area contributed by atoms with E-state index in [2.05, 4.69) is 10.7 Å². The van der Waals surface area contributed by atoms with Crippen LogP contribution in [0.5, 0.6) is 0 Å². The van der Waals surface area contributed by atoms with E-state index >= 15 is 0 Å². The van der Waals surface area contributed by atoms with E-state index in [4.69, 9.17) is 12.2 Å². The lowest BCUT2D eigenvalue weighted by Gasteiger charge is -2.39. The van der Waals surface area contributed by atoms with E-state index in [0.717, 1.165) is 10.6 Å². The largest absolute Gasteiger partial charge is 0.302 e. The van der Waals surface area contributed by atoms with E-state index in [-0.39, 0.29) is 16.9 Å². The third-order valence-electron chi connectivity index (χ3n) is 3.68. The van der Waals surface area contributed by atoms with Crippen LogP contribution >= 0.6 is 12.2 Å². The van der Waals surface area contributed by atoms with E-state index in [1.807, 2.05) is 18.2 Å². The summed E-state index contributed by atoms with van der Waals surface area (Å²) in [5.41, 5.74) is 3.97. The Morgan fingerprint density at radius 1 is 1.27 bits per heavy atom. The van der Waals surface area contributed by atoms with Crippen molar-refractivity contribution in [3.05, 3.63) is 47.6 Å². The Morgan fingerprint density at radius 2 is 2.05 bits per heavy atom. The van der Waals surface area contributed by atoms with Crippen LogP contribution in [0.2, 0.25) is 0 Å². The molecule has 0 aromatic carbocycles. The summed E-state index contributed by atoms with van der Waals surface area (Å²) < 4.78 is 0. The van der Waals surface area contributed by atoms with Crippen molar-refractivity contribution in [3.63, 3.8) is 0 Å². The lowest BCUT2D eigenvalue weighted by Crippen LogP contribution is -2.60. The number of hydrazine groups is 1. The molecular weight excluding hydrogens is 302 g/mol. The van der Waals surface area contributed by atoms with Gasteiger partial charge in [-0.2, -0.15) is 5.01 Å². The van der Waals surface area contributed by atoms with E-state index in [1.165, 1.54) is 6.92 Å². The Balaban J connectivity index is 1.91. The summed E-state index contributed by atoms with van der Waals surface area (Å²) in [6.45, 7) is 1.29. The maximum absolute atomic E-state index is 12.6. The molecule has 2 aliphatic carbocycles. The van der Waals surface area contributed by atoms with Crippen LogP contribution in [0, 0.1) is 11.8 Å². The fourth-order valence-corrected chi connectivity index (χ4v) is 3.04. The van der Waals surface area contributed by atoms with Crippen molar-refractivity contribution in [1.29, 1.82) is 0 Å². The minimum Gasteiger partial charge on any atom is -0.302 e. The van der Waals surface area contributed by atoms with Crippen LogP contribution < -0.4 is 10.7 Å². The first-order valence-corrected chi connectivity index (χ1v) is 7.13. The molecule has 112 valence electrons. The van der Waals surface area contributed by atoms with Gasteiger partial charge in [-0.25, -0.2) is 0 Å². The average Bonchev–Trinajstić information content (AvgIpc) is 2.48. The number of thiocarbonyl (C=S) groups is 1. The molecule has 0 aromatic rings. The molecule has 3 aliphatic rings. The van der Waals surface area contributed by atoms with Gasteiger partial charge < -0.3 is 5.32 Å². The van der Waals surface area contributed by atoms with Crippen LogP contribution in [0.3, 0.4) is 0 Å². The molecule has 3 amide bonds. The predicted octanol–water partition coefficient (Wildman–Crippen LogP) is 0.506. The summed E-state index contributed by atoms with van der Waals surface area (Å²) in [6.07, 6.45) is 10.9. The van der Waals surface area contributed by atoms with Crippen LogP contribution in [-0.2, 0) is 14.4 Å². The minimum absolute atomic E-state index is 0.0878. The van der Waals surface area contributed by atoms with Gasteiger partial charge >= 0.3 is 0 Å².